The summed E-state index contributed by atoms with van der Waals surface area (Å²) in [7, 11) is 0. The molecular weight excluding hydrogens is 292 g/mol. The molecule has 0 bridgehead atoms. The highest BCUT2D eigenvalue weighted by Crippen LogP contribution is 2.25. The molecular formula is C18H26N2O3. The van der Waals surface area contributed by atoms with E-state index in [9.17, 15) is 10.1 Å². The minimum absolute atomic E-state index is 0.228. The number of benzene rings is 1. The Bertz CT molecular complexity index is 566. The molecule has 126 valence electrons. The number of ether oxygens (including phenoxy) is 2. The van der Waals surface area contributed by atoms with Gasteiger partial charge in [0.1, 0.15) is 17.4 Å². The van der Waals surface area contributed by atoms with Gasteiger partial charge in [0.05, 0.1) is 17.9 Å². The number of nitrogens with zero attached hydrogens (tertiary/aromatic N) is 1. The van der Waals surface area contributed by atoms with Gasteiger partial charge in [-0.3, -0.25) is 4.79 Å². The lowest BCUT2D eigenvalue weighted by atomic mass is 9.98. The first-order valence-corrected chi connectivity index (χ1v) is 8.13. The van der Waals surface area contributed by atoms with Crippen LogP contribution in [0, 0.1) is 11.3 Å². The lowest BCUT2D eigenvalue weighted by Crippen LogP contribution is -2.43. The number of amides is 1. The van der Waals surface area contributed by atoms with Gasteiger partial charge in [-0.2, -0.15) is 5.26 Å². The maximum absolute atomic E-state index is 12.6. The van der Waals surface area contributed by atoms with E-state index in [0.29, 0.717) is 36.6 Å². The highest BCUT2D eigenvalue weighted by Gasteiger charge is 2.33. The lowest BCUT2D eigenvalue weighted by molar-refractivity contribution is -0.140. The zero-order chi connectivity index (χ0) is 17.3. The van der Waals surface area contributed by atoms with Crippen molar-refractivity contribution in [3.63, 3.8) is 0 Å². The summed E-state index contributed by atoms with van der Waals surface area (Å²) in [5, 5.41) is 12.1. The van der Waals surface area contributed by atoms with Crippen LogP contribution in [0.5, 0.6) is 5.75 Å². The van der Waals surface area contributed by atoms with Crippen molar-refractivity contribution in [3.05, 3.63) is 23.8 Å². The smallest absolute Gasteiger partial charge is 0.256 e. The zero-order valence-corrected chi connectivity index (χ0v) is 14.4. The fourth-order valence-electron chi connectivity index (χ4n) is 2.29. The summed E-state index contributed by atoms with van der Waals surface area (Å²) in [6.07, 6.45) is 2.30. The van der Waals surface area contributed by atoms with E-state index in [1.54, 1.807) is 25.1 Å². The second-order valence-electron chi connectivity index (χ2n) is 5.54. The lowest BCUT2D eigenvalue weighted by Gasteiger charge is -2.28. The number of nitriles is 1. The Labute approximate surface area is 138 Å². The third-order valence-corrected chi connectivity index (χ3v) is 3.50. The first-order chi connectivity index (χ1) is 11.0. The van der Waals surface area contributed by atoms with E-state index in [1.807, 2.05) is 20.8 Å². The maximum atomic E-state index is 12.6. The average molecular weight is 318 g/mol. The van der Waals surface area contributed by atoms with E-state index in [0.717, 1.165) is 12.8 Å². The Hall–Kier alpha value is -2.06. The molecule has 1 unspecified atom stereocenters. The molecule has 1 aromatic rings. The molecule has 1 aromatic carbocycles. The van der Waals surface area contributed by atoms with Crippen molar-refractivity contribution >= 4 is 11.6 Å². The fourth-order valence-corrected chi connectivity index (χ4v) is 2.29. The number of rotatable bonds is 9. The third-order valence-electron chi connectivity index (χ3n) is 3.50. The summed E-state index contributed by atoms with van der Waals surface area (Å²) in [6.45, 7) is 8.74. The molecule has 5 heteroatoms. The van der Waals surface area contributed by atoms with E-state index in [-0.39, 0.29) is 5.91 Å². The van der Waals surface area contributed by atoms with E-state index < -0.39 is 5.60 Å². The van der Waals surface area contributed by atoms with Gasteiger partial charge in [-0.15, -0.1) is 0 Å². The van der Waals surface area contributed by atoms with Gasteiger partial charge in [-0.05, 0) is 44.9 Å². The van der Waals surface area contributed by atoms with Gasteiger partial charge in [-0.25, -0.2) is 0 Å². The van der Waals surface area contributed by atoms with Gasteiger partial charge in [-0.1, -0.05) is 20.3 Å². The molecule has 0 aliphatic carbocycles. The molecule has 0 heterocycles. The minimum atomic E-state index is -0.893. The van der Waals surface area contributed by atoms with Crippen LogP contribution in [0.2, 0.25) is 0 Å². The summed E-state index contributed by atoms with van der Waals surface area (Å²) < 4.78 is 11.1. The van der Waals surface area contributed by atoms with Crippen LogP contribution in [0.1, 0.15) is 52.5 Å². The monoisotopic (exact) mass is 318 g/mol. The van der Waals surface area contributed by atoms with Crippen LogP contribution >= 0.6 is 0 Å². The molecule has 0 aliphatic rings. The highest BCUT2D eigenvalue weighted by atomic mass is 16.5. The molecule has 5 nitrogen and oxygen atoms in total. The highest BCUT2D eigenvalue weighted by molar-refractivity contribution is 5.98. The van der Waals surface area contributed by atoms with E-state index in [4.69, 9.17) is 9.47 Å². The second-order valence-corrected chi connectivity index (χ2v) is 5.54. The second kappa shape index (κ2) is 9.16. The van der Waals surface area contributed by atoms with Crippen molar-refractivity contribution < 1.29 is 14.3 Å². The Morgan fingerprint density at radius 2 is 2.04 bits per heavy atom. The molecule has 0 aliphatic heterocycles. The van der Waals surface area contributed by atoms with Gasteiger partial charge < -0.3 is 14.8 Å². The molecule has 0 radical (unpaired) electrons. The first-order valence-electron chi connectivity index (χ1n) is 8.13. The summed E-state index contributed by atoms with van der Waals surface area (Å²) >= 11 is 0. The van der Waals surface area contributed by atoms with Gasteiger partial charge in [0.2, 0.25) is 0 Å². The van der Waals surface area contributed by atoms with Crippen LogP contribution < -0.4 is 10.1 Å². The van der Waals surface area contributed by atoms with Crippen molar-refractivity contribution in [1.82, 2.24) is 0 Å². The Morgan fingerprint density at radius 3 is 2.61 bits per heavy atom. The number of hydrogen-bond acceptors (Lipinski definition) is 4. The van der Waals surface area contributed by atoms with E-state index >= 15 is 0 Å². The molecule has 0 saturated heterocycles. The van der Waals surface area contributed by atoms with Crippen molar-refractivity contribution in [2.45, 2.75) is 52.6 Å². The third kappa shape index (κ3) is 5.26. The molecule has 0 aromatic heterocycles. The van der Waals surface area contributed by atoms with Crippen LogP contribution in [0.4, 0.5) is 5.69 Å². The largest absolute Gasteiger partial charge is 0.494 e. The van der Waals surface area contributed by atoms with Crippen molar-refractivity contribution in [2.75, 3.05) is 18.5 Å². The van der Waals surface area contributed by atoms with Gasteiger partial charge in [0.15, 0.2) is 0 Å². The van der Waals surface area contributed by atoms with E-state index in [2.05, 4.69) is 11.4 Å². The molecule has 0 spiro atoms. The Morgan fingerprint density at radius 1 is 1.30 bits per heavy atom. The summed E-state index contributed by atoms with van der Waals surface area (Å²) in [4.78, 5) is 12.6. The van der Waals surface area contributed by atoms with Gasteiger partial charge in [0, 0.05) is 6.61 Å². The molecule has 1 atom stereocenters. The van der Waals surface area contributed by atoms with Crippen LogP contribution in [-0.2, 0) is 9.53 Å². The molecule has 1 rings (SSSR count). The summed E-state index contributed by atoms with van der Waals surface area (Å²) in [6, 6.07) is 7.15. The fraction of sp³-hybridized carbons (Fsp3) is 0.556. The number of anilines is 1. The van der Waals surface area contributed by atoms with Crippen molar-refractivity contribution in [2.24, 2.45) is 0 Å². The Kier molecular flexibility index (Phi) is 7.56. The predicted molar refractivity (Wildman–Crippen MR) is 90.5 cm³/mol. The molecule has 23 heavy (non-hydrogen) atoms. The standard InChI is InChI=1S/C18H26N2O3/c1-5-10-18(4,23-11-6-2)17(21)20-16-9-8-15(22-7-3)12-14(16)13-19/h8-9,12H,5-7,10-11H2,1-4H3,(H,20,21). The van der Waals surface area contributed by atoms with Crippen LogP contribution in [0.3, 0.4) is 0 Å². The number of nitrogens with one attached hydrogen (secondary N) is 1. The topological polar surface area (TPSA) is 71.3 Å². The van der Waals surface area contributed by atoms with Gasteiger partial charge >= 0.3 is 0 Å². The normalized spacial score (nSPS) is 13.0. The molecule has 1 N–H and O–H groups in total. The van der Waals surface area contributed by atoms with Crippen LogP contribution in [0.25, 0.3) is 0 Å². The number of carbonyl (C=O) groups is 1. The van der Waals surface area contributed by atoms with Gasteiger partial charge in [0.25, 0.3) is 5.91 Å². The van der Waals surface area contributed by atoms with Crippen molar-refractivity contribution in [1.29, 1.82) is 5.26 Å². The van der Waals surface area contributed by atoms with Crippen LogP contribution in [-0.4, -0.2) is 24.7 Å². The maximum Gasteiger partial charge on any atom is 0.256 e. The van der Waals surface area contributed by atoms with Crippen molar-refractivity contribution in [3.8, 4) is 11.8 Å². The number of carbonyl (C=O) groups excluding carboxylic acids is 1. The molecule has 1 amide bonds. The summed E-state index contributed by atoms with van der Waals surface area (Å²) in [5.41, 5.74) is -0.0437. The average Bonchev–Trinajstić information content (AvgIpc) is 2.54. The Balaban J connectivity index is 2.96. The molecule has 0 saturated carbocycles. The minimum Gasteiger partial charge on any atom is -0.494 e. The molecule has 0 fully saturated rings. The SMILES string of the molecule is CCCOC(C)(CCC)C(=O)Nc1ccc(OCC)cc1C#N. The summed E-state index contributed by atoms with van der Waals surface area (Å²) in [5.74, 6) is 0.383. The first kappa shape index (κ1) is 19.0. The number of hydrogen-bond donors (Lipinski definition) is 1. The predicted octanol–water partition coefficient (Wildman–Crippen LogP) is 3.88. The quantitative estimate of drug-likeness (QED) is 0.750. The zero-order valence-electron chi connectivity index (χ0n) is 14.4. The van der Waals surface area contributed by atoms with E-state index in [1.165, 1.54) is 0 Å². The van der Waals surface area contributed by atoms with Crippen LogP contribution in [0.15, 0.2) is 18.2 Å².